The number of carbonyl (C=O) groups excluding carboxylic acids is 3. The van der Waals surface area contributed by atoms with Crippen LogP contribution in [0.5, 0.6) is 5.75 Å². The van der Waals surface area contributed by atoms with Crippen LogP contribution in [-0.2, 0) is 22.6 Å². The first-order valence-electron chi connectivity index (χ1n) is 20.6. The number of hydrogen-bond acceptors (Lipinski definition) is 7. The number of phenols is 1. The van der Waals surface area contributed by atoms with Crippen LogP contribution in [0.15, 0.2) is 91.0 Å². The van der Waals surface area contributed by atoms with Gasteiger partial charge in [-0.25, -0.2) is 0 Å². The Bertz CT molecular complexity index is 2150. The minimum Gasteiger partial charge on any atom is -0.508 e. The highest BCUT2D eigenvalue weighted by molar-refractivity contribution is 6.05. The van der Waals surface area contributed by atoms with Gasteiger partial charge in [0.05, 0.1) is 0 Å². The number of carbonyl (C=O) groups is 3. The van der Waals surface area contributed by atoms with Gasteiger partial charge in [0, 0.05) is 69.2 Å². The van der Waals surface area contributed by atoms with E-state index in [-0.39, 0.29) is 24.1 Å². The third kappa shape index (κ3) is 7.32. The first-order valence-corrected chi connectivity index (χ1v) is 20.6. The molecule has 0 unspecified atom stereocenters. The summed E-state index contributed by atoms with van der Waals surface area (Å²) in [5, 5.41) is 12.7. The molecule has 5 aliphatic rings. The van der Waals surface area contributed by atoms with Crippen molar-refractivity contribution in [2.24, 2.45) is 5.92 Å². The summed E-state index contributed by atoms with van der Waals surface area (Å²) < 4.78 is 0. The Kier molecular flexibility index (Phi) is 10.1. The van der Waals surface area contributed by atoms with Crippen molar-refractivity contribution in [3.05, 3.63) is 124 Å². The molecule has 0 radical (unpaired) electrons. The lowest BCUT2D eigenvalue weighted by Crippen LogP contribution is -2.52. The molecule has 9 rings (SSSR count). The lowest BCUT2D eigenvalue weighted by atomic mass is 9.87. The fraction of sp³-hybridized carbons (Fsp3) is 0.383. The zero-order chi connectivity index (χ0) is 38.2. The van der Waals surface area contributed by atoms with Crippen molar-refractivity contribution >= 4 is 40.2 Å². The number of amides is 3. The van der Waals surface area contributed by atoms with Gasteiger partial charge in [0.15, 0.2) is 0 Å². The zero-order valence-corrected chi connectivity index (χ0v) is 32.1. The van der Waals surface area contributed by atoms with Crippen molar-refractivity contribution in [3.8, 4) is 5.75 Å². The van der Waals surface area contributed by atoms with Crippen molar-refractivity contribution in [1.82, 2.24) is 15.1 Å². The SMILES string of the molecule is O=C1CC[C@@H](N2Cc3cc(N4CCN(CCC5CCN(c6ccc(C7=C(c8ccccc8)CCCc8cc(O)ccc87)cc6)CC5)CC4)ccc3C2=O)C(=O)N1. The summed E-state index contributed by atoms with van der Waals surface area (Å²) in [6.07, 6.45) is 7.33. The smallest absolute Gasteiger partial charge is 0.255 e. The molecule has 288 valence electrons. The largest absolute Gasteiger partial charge is 0.508 e. The van der Waals surface area contributed by atoms with Crippen LogP contribution in [-0.4, -0.2) is 84.5 Å². The van der Waals surface area contributed by atoms with E-state index in [9.17, 15) is 19.5 Å². The fourth-order valence-electron chi connectivity index (χ4n) is 9.70. The molecular weight excluding hydrogens is 699 g/mol. The van der Waals surface area contributed by atoms with Crippen molar-refractivity contribution in [2.45, 2.75) is 64.0 Å². The Morgan fingerprint density at radius 3 is 2.16 bits per heavy atom. The van der Waals surface area contributed by atoms with Gasteiger partial charge in [-0.3, -0.25) is 24.6 Å². The summed E-state index contributed by atoms with van der Waals surface area (Å²) in [7, 11) is 0. The molecule has 4 aromatic carbocycles. The van der Waals surface area contributed by atoms with Crippen LogP contribution in [0.4, 0.5) is 11.4 Å². The van der Waals surface area contributed by atoms with Crippen molar-refractivity contribution in [1.29, 1.82) is 0 Å². The van der Waals surface area contributed by atoms with Crippen molar-refractivity contribution < 1.29 is 19.5 Å². The van der Waals surface area contributed by atoms with E-state index in [4.69, 9.17) is 0 Å². The first kappa shape index (κ1) is 36.2. The number of benzene rings is 4. The van der Waals surface area contributed by atoms with Gasteiger partial charge in [0.2, 0.25) is 11.8 Å². The normalized spacial score (nSPS) is 20.9. The lowest BCUT2D eigenvalue weighted by molar-refractivity contribution is -0.136. The van der Waals surface area contributed by atoms with Crippen LogP contribution in [0.3, 0.4) is 0 Å². The van der Waals surface area contributed by atoms with Gasteiger partial charge < -0.3 is 19.8 Å². The third-order valence-corrected chi connectivity index (χ3v) is 12.9. The van der Waals surface area contributed by atoms with Crippen LogP contribution >= 0.6 is 0 Å². The van der Waals surface area contributed by atoms with Crippen molar-refractivity contribution in [3.63, 3.8) is 0 Å². The van der Waals surface area contributed by atoms with Gasteiger partial charge in [-0.2, -0.15) is 0 Å². The Morgan fingerprint density at radius 1 is 0.661 bits per heavy atom. The van der Waals surface area contributed by atoms with E-state index in [0.29, 0.717) is 24.3 Å². The summed E-state index contributed by atoms with van der Waals surface area (Å²) in [4.78, 5) is 46.4. The zero-order valence-electron chi connectivity index (χ0n) is 32.1. The van der Waals surface area contributed by atoms with Crippen LogP contribution in [0.1, 0.15) is 83.1 Å². The number of hydrogen-bond donors (Lipinski definition) is 2. The number of nitrogens with one attached hydrogen (secondary N) is 1. The quantitative estimate of drug-likeness (QED) is 0.190. The van der Waals surface area contributed by atoms with E-state index in [1.165, 1.54) is 58.3 Å². The van der Waals surface area contributed by atoms with Gasteiger partial charge in [-0.15, -0.1) is 0 Å². The molecule has 56 heavy (non-hydrogen) atoms. The number of phenolic OH excluding ortho intramolecular Hbond substituents is 1. The topological polar surface area (TPSA) is 96.4 Å². The molecule has 4 heterocycles. The fourth-order valence-corrected chi connectivity index (χ4v) is 9.70. The minimum absolute atomic E-state index is 0.121. The molecule has 9 nitrogen and oxygen atoms in total. The van der Waals surface area contributed by atoms with Crippen LogP contribution < -0.4 is 15.1 Å². The molecule has 3 amide bonds. The molecule has 3 fully saturated rings. The lowest BCUT2D eigenvalue weighted by Gasteiger charge is -2.38. The highest BCUT2D eigenvalue weighted by Gasteiger charge is 2.39. The second-order valence-electron chi connectivity index (χ2n) is 16.3. The molecule has 2 N–H and O–H groups in total. The second kappa shape index (κ2) is 15.6. The first-order chi connectivity index (χ1) is 27.4. The number of anilines is 2. The second-order valence-corrected chi connectivity index (χ2v) is 16.3. The molecule has 1 atom stereocenters. The van der Waals surface area contributed by atoms with Gasteiger partial charge in [0.1, 0.15) is 11.8 Å². The van der Waals surface area contributed by atoms with E-state index in [1.807, 2.05) is 24.3 Å². The maximum Gasteiger partial charge on any atom is 0.255 e. The maximum absolute atomic E-state index is 13.1. The Balaban J connectivity index is 0.773. The number of imide groups is 1. The van der Waals surface area contributed by atoms with E-state index >= 15 is 0 Å². The molecule has 0 bridgehead atoms. The molecule has 4 aliphatic heterocycles. The number of aromatic hydroxyl groups is 1. The molecule has 0 spiro atoms. The number of piperazine rings is 1. The molecule has 1 aliphatic carbocycles. The highest BCUT2D eigenvalue weighted by Crippen LogP contribution is 2.41. The molecule has 4 aromatic rings. The average Bonchev–Trinajstić information content (AvgIpc) is 3.43. The number of piperidine rings is 2. The van der Waals surface area contributed by atoms with E-state index < -0.39 is 6.04 Å². The Hall–Kier alpha value is -5.41. The average molecular weight is 750 g/mol. The number of rotatable bonds is 8. The number of fused-ring (bicyclic) bond motifs is 2. The number of nitrogens with zero attached hydrogens (tertiary/aromatic N) is 4. The minimum atomic E-state index is -0.585. The Labute approximate surface area is 329 Å². The van der Waals surface area contributed by atoms with E-state index in [2.05, 4.69) is 86.7 Å². The van der Waals surface area contributed by atoms with E-state index in [1.54, 1.807) is 4.90 Å². The summed E-state index contributed by atoms with van der Waals surface area (Å²) >= 11 is 0. The summed E-state index contributed by atoms with van der Waals surface area (Å²) in [6, 6.07) is 31.4. The standard InChI is InChI=1S/C47H51N5O4/c53-39-14-16-41-35(30-39)7-4-8-40(33-5-2-1-3-6-33)45(41)34-9-11-37(12-10-34)50-23-20-32(21-24-50)19-22-49-25-27-51(28-26-49)38-13-15-42-36(29-38)31-52(47(42)56)43-17-18-44(54)48-46(43)55/h1-3,5-6,9-16,29-30,32,43,53H,4,7-8,17-28,31H2,(H,48,54,55)/t43-/m1/s1. The summed E-state index contributed by atoms with van der Waals surface area (Å²) in [5.41, 5.74) is 11.7. The molecule has 0 saturated carbocycles. The van der Waals surface area contributed by atoms with Crippen LogP contribution in [0, 0.1) is 5.92 Å². The predicted molar refractivity (Wildman–Crippen MR) is 221 cm³/mol. The van der Waals surface area contributed by atoms with Crippen molar-refractivity contribution in [2.75, 3.05) is 55.6 Å². The molecule has 9 heteroatoms. The number of aryl methyl sites for hydroxylation is 1. The van der Waals surface area contributed by atoms with Crippen LogP contribution in [0.25, 0.3) is 11.1 Å². The van der Waals surface area contributed by atoms with Gasteiger partial charge in [-0.1, -0.05) is 48.5 Å². The van der Waals surface area contributed by atoms with Gasteiger partial charge in [-0.05, 0) is 139 Å². The monoisotopic (exact) mass is 749 g/mol. The number of allylic oxidation sites excluding steroid dienone is 1. The summed E-state index contributed by atoms with van der Waals surface area (Å²) in [5.74, 6) is 0.318. The maximum atomic E-state index is 13.1. The van der Waals surface area contributed by atoms with Gasteiger partial charge in [0.25, 0.3) is 5.91 Å². The van der Waals surface area contributed by atoms with E-state index in [0.717, 1.165) is 82.2 Å². The van der Waals surface area contributed by atoms with Gasteiger partial charge >= 0.3 is 0 Å². The summed E-state index contributed by atoms with van der Waals surface area (Å²) in [6.45, 7) is 7.67. The predicted octanol–water partition coefficient (Wildman–Crippen LogP) is 6.88. The molecular formula is C47H51N5O4. The molecule has 3 saturated heterocycles. The Morgan fingerprint density at radius 2 is 1.39 bits per heavy atom. The third-order valence-electron chi connectivity index (χ3n) is 12.9. The molecule has 0 aromatic heterocycles. The highest BCUT2D eigenvalue weighted by atomic mass is 16.3. The van der Waals surface area contributed by atoms with Crippen LogP contribution in [0.2, 0.25) is 0 Å².